The third kappa shape index (κ3) is 6.02. The van der Waals surface area contributed by atoms with Crippen LogP contribution in [0.4, 0.5) is 0 Å². The van der Waals surface area contributed by atoms with Gasteiger partial charge in [0.05, 0.1) is 6.61 Å². The average molecular weight is 296 g/mol. The Hall–Kier alpha value is -1.62. The Bertz CT molecular complexity index is 520. The van der Waals surface area contributed by atoms with Gasteiger partial charge in [-0.3, -0.25) is 0 Å². The number of para-hydroxylation sites is 1. The summed E-state index contributed by atoms with van der Waals surface area (Å²) in [5, 5.41) is 2.68. The first kappa shape index (κ1) is 18.4. The van der Waals surface area contributed by atoms with Gasteiger partial charge in [0, 0.05) is 12.0 Å². The van der Waals surface area contributed by atoms with Crippen LogP contribution in [0.15, 0.2) is 28.8 Å². The molecule has 0 aliphatic heterocycles. The summed E-state index contributed by atoms with van der Waals surface area (Å²) in [6, 6.07) is 7.84. The SMILES string of the molecule is CC.CC.CCOc1ccccc1Cc1nc(=S)o[nH]1. The number of benzene rings is 1. The van der Waals surface area contributed by atoms with Crippen molar-refractivity contribution in [3.8, 4) is 5.75 Å². The first-order chi connectivity index (χ1) is 9.79. The lowest BCUT2D eigenvalue weighted by molar-refractivity contribution is 0.336. The Morgan fingerprint density at radius 1 is 1.20 bits per heavy atom. The van der Waals surface area contributed by atoms with Gasteiger partial charge in [-0.25, -0.2) is 5.16 Å². The zero-order chi connectivity index (χ0) is 15.4. The summed E-state index contributed by atoms with van der Waals surface area (Å²) in [6.45, 7) is 10.6. The average Bonchev–Trinajstić information content (AvgIpc) is 2.91. The highest BCUT2D eigenvalue weighted by Crippen LogP contribution is 2.20. The Labute approximate surface area is 126 Å². The quantitative estimate of drug-likeness (QED) is 0.825. The number of rotatable bonds is 4. The third-order valence-electron chi connectivity index (χ3n) is 2.11. The number of hydrogen-bond donors (Lipinski definition) is 1. The van der Waals surface area contributed by atoms with E-state index in [-0.39, 0.29) is 4.84 Å². The molecule has 0 saturated carbocycles. The molecule has 1 aromatic heterocycles. The van der Waals surface area contributed by atoms with Crippen molar-refractivity contribution < 1.29 is 9.26 Å². The number of nitrogens with one attached hydrogen (secondary N) is 1. The predicted octanol–water partition coefficient (Wildman–Crippen LogP) is 4.77. The fourth-order valence-corrected chi connectivity index (χ4v) is 1.61. The van der Waals surface area contributed by atoms with Gasteiger partial charge in [-0.1, -0.05) is 45.9 Å². The van der Waals surface area contributed by atoms with Crippen LogP contribution in [0.25, 0.3) is 0 Å². The maximum absolute atomic E-state index is 5.52. The lowest BCUT2D eigenvalue weighted by Crippen LogP contribution is -1.98. The highest BCUT2D eigenvalue weighted by atomic mass is 32.1. The van der Waals surface area contributed by atoms with E-state index < -0.39 is 0 Å². The van der Waals surface area contributed by atoms with E-state index in [0.717, 1.165) is 11.3 Å². The molecular weight excluding hydrogens is 272 g/mol. The van der Waals surface area contributed by atoms with Gasteiger partial charge >= 0.3 is 4.84 Å². The van der Waals surface area contributed by atoms with Crippen LogP contribution in [0, 0.1) is 4.84 Å². The van der Waals surface area contributed by atoms with E-state index in [1.54, 1.807) is 0 Å². The minimum absolute atomic E-state index is 0.226. The van der Waals surface area contributed by atoms with Crippen molar-refractivity contribution >= 4 is 12.2 Å². The fourth-order valence-electron chi connectivity index (χ4n) is 1.46. The summed E-state index contributed by atoms with van der Waals surface area (Å²) in [7, 11) is 0. The molecule has 2 rings (SSSR count). The van der Waals surface area contributed by atoms with E-state index in [1.165, 1.54) is 0 Å². The van der Waals surface area contributed by atoms with Crippen LogP contribution in [-0.4, -0.2) is 16.7 Å². The topological polar surface area (TPSA) is 51.1 Å². The van der Waals surface area contributed by atoms with Crippen LogP contribution < -0.4 is 4.74 Å². The van der Waals surface area contributed by atoms with Crippen LogP contribution in [0.1, 0.15) is 46.0 Å². The summed E-state index contributed by atoms with van der Waals surface area (Å²) in [6.07, 6.45) is 0.621. The number of nitrogens with zero attached hydrogens (tertiary/aromatic N) is 1. The first-order valence-electron chi connectivity index (χ1n) is 7.04. The van der Waals surface area contributed by atoms with Crippen molar-refractivity contribution in [1.29, 1.82) is 0 Å². The molecule has 0 spiro atoms. The third-order valence-corrected chi connectivity index (χ3v) is 2.29. The summed E-state index contributed by atoms with van der Waals surface area (Å²) < 4.78 is 10.4. The van der Waals surface area contributed by atoms with E-state index in [4.69, 9.17) is 21.5 Å². The summed E-state index contributed by atoms with van der Waals surface area (Å²) in [5.41, 5.74) is 1.06. The highest BCUT2D eigenvalue weighted by Gasteiger charge is 2.06. The second-order valence-electron chi connectivity index (χ2n) is 3.25. The molecule has 5 heteroatoms. The predicted molar refractivity (Wildman–Crippen MR) is 84.8 cm³/mol. The zero-order valence-electron chi connectivity index (χ0n) is 12.9. The molecule has 0 saturated heterocycles. The Balaban J connectivity index is 0.000000829. The first-order valence-corrected chi connectivity index (χ1v) is 7.45. The van der Waals surface area contributed by atoms with Gasteiger partial charge in [0.15, 0.2) is 0 Å². The summed E-state index contributed by atoms with van der Waals surface area (Å²) >= 11 is 4.79. The molecular formula is C15H24N2O2S. The molecule has 0 unspecified atom stereocenters. The molecule has 0 amide bonds. The van der Waals surface area contributed by atoms with Gasteiger partial charge in [0.1, 0.15) is 11.6 Å². The van der Waals surface area contributed by atoms with Gasteiger partial charge in [-0.15, -0.1) is 0 Å². The van der Waals surface area contributed by atoms with E-state index in [9.17, 15) is 0 Å². The normalized spacial score (nSPS) is 8.85. The molecule has 1 aromatic carbocycles. The molecule has 0 atom stereocenters. The van der Waals surface area contributed by atoms with Gasteiger partial charge in [-0.2, -0.15) is 4.98 Å². The largest absolute Gasteiger partial charge is 0.494 e. The van der Waals surface area contributed by atoms with Gasteiger partial charge in [0.2, 0.25) is 0 Å². The lowest BCUT2D eigenvalue weighted by atomic mass is 10.1. The second kappa shape index (κ2) is 11.2. The molecule has 0 bridgehead atoms. The van der Waals surface area contributed by atoms with E-state index in [0.29, 0.717) is 18.9 Å². The number of H-pyrrole nitrogens is 1. The van der Waals surface area contributed by atoms with Gasteiger partial charge in [0.25, 0.3) is 0 Å². The van der Waals surface area contributed by atoms with Gasteiger partial charge in [-0.05, 0) is 25.2 Å². The van der Waals surface area contributed by atoms with Crippen molar-refractivity contribution in [2.75, 3.05) is 6.61 Å². The van der Waals surface area contributed by atoms with Crippen molar-refractivity contribution in [2.45, 2.75) is 41.0 Å². The molecule has 1 heterocycles. The monoisotopic (exact) mass is 296 g/mol. The lowest BCUT2D eigenvalue weighted by Gasteiger charge is -2.07. The van der Waals surface area contributed by atoms with Crippen LogP contribution in [0.3, 0.4) is 0 Å². The Kier molecular flexibility index (Phi) is 10.3. The number of aromatic amines is 1. The smallest absolute Gasteiger partial charge is 0.314 e. The molecule has 0 aliphatic carbocycles. The fraction of sp³-hybridized carbons (Fsp3) is 0.467. The highest BCUT2D eigenvalue weighted by molar-refractivity contribution is 7.71. The van der Waals surface area contributed by atoms with Crippen molar-refractivity contribution in [1.82, 2.24) is 10.1 Å². The Morgan fingerprint density at radius 2 is 1.85 bits per heavy atom. The van der Waals surface area contributed by atoms with Crippen molar-refractivity contribution in [3.63, 3.8) is 0 Å². The molecule has 0 radical (unpaired) electrons. The molecule has 4 nitrogen and oxygen atoms in total. The van der Waals surface area contributed by atoms with Crippen molar-refractivity contribution in [2.24, 2.45) is 0 Å². The van der Waals surface area contributed by atoms with Crippen LogP contribution in [0.2, 0.25) is 0 Å². The summed E-state index contributed by atoms with van der Waals surface area (Å²) in [5.74, 6) is 1.57. The van der Waals surface area contributed by atoms with Crippen LogP contribution in [0.5, 0.6) is 5.75 Å². The molecule has 0 fully saturated rings. The Morgan fingerprint density at radius 3 is 2.40 bits per heavy atom. The maximum Gasteiger partial charge on any atom is 0.314 e. The van der Waals surface area contributed by atoms with E-state index in [2.05, 4.69) is 10.1 Å². The maximum atomic E-state index is 5.52. The number of hydrogen-bond acceptors (Lipinski definition) is 4. The molecule has 20 heavy (non-hydrogen) atoms. The minimum Gasteiger partial charge on any atom is -0.494 e. The molecule has 1 N–H and O–H groups in total. The number of ether oxygens (including phenoxy) is 1. The molecule has 2 aromatic rings. The minimum atomic E-state index is 0.226. The zero-order valence-corrected chi connectivity index (χ0v) is 13.7. The van der Waals surface area contributed by atoms with Gasteiger partial charge < -0.3 is 9.26 Å². The molecule has 0 aliphatic rings. The van der Waals surface area contributed by atoms with E-state index in [1.807, 2.05) is 58.9 Å². The van der Waals surface area contributed by atoms with Crippen LogP contribution in [-0.2, 0) is 6.42 Å². The molecule has 112 valence electrons. The number of aromatic nitrogens is 2. The van der Waals surface area contributed by atoms with Crippen molar-refractivity contribution in [3.05, 3.63) is 40.5 Å². The van der Waals surface area contributed by atoms with Crippen LogP contribution >= 0.6 is 12.2 Å². The second-order valence-corrected chi connectivity index (χ2v) is 3.60. The summed E-state index contributed by atoms with van der Waals surface area (Å²) in [4.78, 5) is 4.27. The standard InChI is InChI=1S/C11H12N2O2S.2C2H6/c1-2-14-9-6-4-3-5-8(9)7-10-12-11(16)15-13-10;2*1-2/h3-6H,2,7H2,1H3,(H,12,13,16);2*1-2H3. The van der Waals surface area contributed by atoms with E-state index >= 15 is 0 Å².